The van der Waals surface area contributed by atoms with Crippen LogP contribution in [0.25, 0.3) is 5.76 Å². The van der Waals surface area contributed by atoms with Crippen LogP contribution >= 0.6 is 0 Å². The number of fused-ring (bicyclic) bond motifs is 1. The lowest BCUT2D eigenvalue weighted by Crippen LogP contribution is -2.25. The molecule has 0 saturated carbocycles. The quantitative estimate of drug-likeness (QED) is 0.508. The van der Waals surface area contributed by atoms with Gasteiger partial charge in [0.05, 0.1) is 11.3 Å². The van der Waals surface area contributed by atoms with Crippen LogP contribution in [0.15, 0.2) is 88.6 Å². The summed E-state index contributed by atoms with van der Waals surface area (Å²) in [5.74, 6) is -1.27. The molecule has 8 heteroatoms. The largest absolute Gasteiger partial charge is 0.871 e. The molecule has 0 radical (unpaired) electrons. The second-order valence-electron chi connectivity index (χ2n) is 8.07. The Morgan fingerprint density at radius 3 is 2.27 bits per heavy atom. The first-order chi connectivity index (χ1) is 16.0. The molecule has 3 aromatic rings. The van der Waals surface area contributed by atoms with Gasteiger partial charge in [0.1, 0.15) is 17.8 Å². The lowest BCUT2D eigenvalue weighted by atomic mass is 9.80. The minimum absolute atomic E-state index is 0.0903. The minimum atomic E-state index is -0.697. The van der Waals surface area contributed by atoms with Gasteiger partial charge in [0.25, 0.3) is 0 Å². The highest BCUT2D eigenvalue weighted by Gasteiger charge is 2.40. The van der Waals surface area contributed by atoms with E-state index in [-0.39, 0.29) is 39.5 Å². The number of azo groups is 1. The molecule has 3 atom stereocenters. The maximum atomic E-state index is 13.0. The fourth-order valence-electron chi connectivity index (χ4n) is 4.65. The number of para-hydroxylation sites is 1. The molecule has 0 unspecified atom stereocenters. The van der Waals surface area contributed by atoms with E-state index in [4.69, 9.17) is 0 Å². The van der Waals surface area contributed by atoms with Crippen molar-refractivity contribution in [3.8, 4) is 5.75 Å². The molecular formula is C25H20N3O5-. The van der Waals surface area contributed by atoms with Gasteiger partial charge in [0.2, 0.25) is 0 Å². The topological polar surface area (TPSA) is 129 Å². The van der Waals surface area contributed by atoms with Gasteiger partial charge in [0, 0.05) is 17.0 Å². The Kier molecular flexibility index (Phi) is 5.16. The summed E-state index contributed by atoms with van der Waals surface area (Å²) < 4.78 is 0. The number of aliphatic hydroxyl groups is 1. The molecule has 1 heterocycles. The lowest BCUT2D eigenvalue weighted by molar-refractivity contribution is -0.270. The molecule has 1 aliphatic heterocycles. The molecule has 3 aromatic carbocycles. The molecular weight excluding hydrogens is 422 g/mol. The Morgan fingerprint density at radius 2 is 1.58 bits per heavy atom. The summed E-state index contributed by atoms with van der Waals surface area (Å²) in [6.07, 6.45) is 0.336. The first-order valence-electron chi connectivity index (χ1n) is 10.5. The Bertz CT molecular complexity index is 1290. The summed E-state index contributed by atoms with van der Waals surface area (Å²) in [5, 5.41) is 51.1. The zero-order valence-electron chi connectivity index (χ0n) is 17.4. The number of carbonyl (C=O) groups is 1. The number of Topliss-reactive ketones (excluding diaryl/α,β-unsaturated/α-hetero) is 1. The average molecular weight is 442 g/mol. The highest BCUT2D eigenvalue weighted by atomic mass is 16.8. The second kappa shape index (κ2) is 8.16. The molecule has 2 aliphatic rings. The summed E-state index contributed by atoms with van der Waals surface area (Å²) in [4.78, 5) is 13.0. The molecule has 0 amide bonds. The van der Waals surface area contributed by atoms with Crippen LogP contribution in [0, 0.1) is 0 Å². The van der Waals surface area contributed by atoms with Crippen LogP contribution in [0.2, 0.25) is 0 Å². The monoisotopic (exact) mass is 442 g/mol. The van der Waals surface area contributed by atoms with Gasteiger partial charge in [0.15, 0.2) is 5.78 Å². The number of hydrogen-bond acceptors (Lipinski definition) is 8. The van der Waals surface area contributed by atoms with Gasteiger partial charge >= 0.3 is 0 Å². The molecule has 8 nitrogen and oxygen atoms in total. The molecule has 33 heavy (non-hydrogen) atoms. The number of carbonyl (C=O) groups excluding carboxylic acids is 1. The van der Waals surface area contributed by atoms with E-state index in [9.17, 15) is 25.4 Å². The highest BCUT2D eigenvalue weighted by Crippen LogP contribution is 2.48. The number of rotatable bonds is 4. The van der Waals surface area contributed by atoms with Crippen molar-refractivity contribution in [1.82, 2.24) is 0 Å². The smallest absolute Gasteiger partial charge is 0.195 e. The van der Waals surface area contributed by atoms with Crippen molar-refractivity contribution >= 4 is 17.2 Å². The van der Waals surface area contributed by atoms with Gasteiger partial charge in [-0.1, -0.05) is 72.5 Å². The van der Waals surface area contributed by atoms with Gasteiger partial charge in [-0.3, -0.25) is 15.2 Å². The summed E-state index contributed by atoms with van der Waals surface area (Å²) in [6, 6.07) is 19.3. The van der Waals surface area contributed by atoms with E-state index in [1.807, 2.05) is 30.3 Å². The molecule has 5 rings (SSSR count). The van der Waals surface area contributed by atoms with Crippen LogP contribution in [-0.4, -0.2) is 27.3 Å². The third-order valence-corrected chi connectivity index (χ3v) is 6.24. The van der Waals surface area contributed by atoms with Gasteiger partial charge in [-0.2, -0.15) is 10.2 Å². The van der Waals surface area contributed by atoms with Gasteiger partial charge in [-0.15, -0.1) is 5.23 Å². The van der Waals surface area contributed by atoms with Crippen molar-refractivity contribution in [3.05, 3.63) is 101 Å². The predicted octanol–water partition coefficient (Wildman–Crippen LogP) is 4.56. The van der Waals surface area contributed by atoms with E-state index >= 15 is 0 Å². The van der Waals surface area contributed by atoms with Gasteiger partial charge in [-0.25, -0.2) is 0 Å². The van der Waals surface area contributed by atoms with Crippen LogP contribution in [0.5, 0.6) is 5.75 Å². The number of nitrogens with zero attached hydrogens (tertiary/aromatic N) is 3. The average Bonchev–Trinajstić information content (AvgIpc) is 3.09. The van der Waals surface area contributed by atoms with Crippen LogP contribution in [0.1, 0.15) is 45.4 Å². The van der Waals surface area contributed by atoms with Crippen LogP contribution < -0.4 is 10.3 Å². The highest BCUT2D eigenvalue weighted by molar-refractivity contribution is 6.20. The van der Waals surface area contributed by atoms with Crippen molar-refractivity contribution in [1.29, 1.82) is 0 Å². The molecule has 1 aliphatic carbocycles. The number of hydrogen-bond donors (Lipinski definition) is 3. The fourth-order valence-corrected chi connectivity index (χ4v) is 4.65. The van der Waals surface area contributed by atoms with Crippen molar-refractivity contribution in [3.63, 3.8) is 0 Å². The molecule has 166 valence electrons. The van der Waals surface area contributed by atoms with E-state index in [1.165, 1.54) is 6.07 Å². The number of benzene rings is 3. The molecule has 0 spiro atoms. The third-order valence-electron chi connectivity index (χ3n) is 6.24. The zero-order chi connectivity index (χ0) is 23.1. The van der Waals surface area contributed by atoms with E-state index < -0.39 is 17.8 Å². The maximum Gasteiger partial charge on any atom is 0.195 e. The maximum absolute atomic E-state index is 13.0. The molecule has 0 bridgehead atoms. The normalized spacial score (nSPS) is 21.9. The first-order valence-corrected chi connectivity index (χ1v) is 10.5. The van der Waals surface area contributed by atoms with E-state index in [2.05, 4.69) is 10.2 Å². The summed E-state index contributed by atoms with van der Waals surface area (Å²) in [7, 11) is 0. The van der Waals surface area contributed by atoms with Gasteiger partial charge in [-0.05, 0) is 23.6 Å². The van der Waals surface area contributed by atoms with E-state index in [0.717, 1.165) is 5.56 Å². The van der Waals surface area contributed by atoms with Crippen molar-refractivity contribution < 1.29 is 25.4 Å². The SMILES string of the molecule is O=C1C([C@@H]2C[C@@H](c3ccccc3)[C@@H](c3cccc(N(O)O)c3[O-])N=N2)=C(O)c2ccccc21. The fraction of sp³-hybridized carbons (Fsp3) is 0.160. The number of anilines is 1. The van der Waals surface area contributed by atoms with Crippen molar-refractivity contribution in [2.45, 2.75) is 24.4 Å². The molecule has 3 N–H and O–H groups in total. The van der Waals surface area contributed by atoms with Crippen LogP contribution in [0.4, 0.5) is 5.69 Å². The minimum Gasteiger partial charge on any atom is -0.871 e. The first kappa shape index (κ1) is 20.9. The third kappa shape index (κ3) is 3.45. The molecule has 0 aromatic heterocycles. The summed E-state index contributed by atoms with van der Waals surface area (Å²) in [5.41, 5.74) is 1.97. The Hall–Kier alpha value is -4.01. The van der Waals surface area contributed by atoms with Crippen LogP contribution in [0.3, 0.4) is 0 Å². The van der Waals surface area contributed by atoms with Gasteiger partial charge < -0.3 is 10.2 Å². The van der Waals surface area contributed by atoms with E-state index in [1.54, 1.807) is 36.4 Å². The summed E-state index contributed by atoms with van der Waals surface area (Å²) in [6.45, 7) is 0. The number of ketones is 1. The predicted molar refractivity (Wildman–Crippen MR) is 117 cm³/mol. The van der Waals surface area contributed by atoms with E-state index in [0.29, 0.717) is 17.5 Å². The second-order valence-corrected chi connectivity index (χ2v) is 8.07. The van der Waals surface area contributed by atoms with Crippen LogP contribution in [-0.2, 0) is 0 Å². The molecule has 0 fully saturated rings. The zero-order valence-corrected chi connectivity index (χ0v) is 17.4. The Balaban J connectivity index is 1.59. The number of aliphatic hydroxyl groups excluding tert-OH is 1. The standard InChI is InChI=1S/C25H21N3O5/c29-23-17(11-6-12-20(23)28(32)33)22-18(14-7-2-1-3-8-14)13-19(26-27-22)21-24(30)15-9-4-5-10-16(15)25(21)31/h1-12,18-19,22,29-30,32-33H,13H2/p-1/t18-,19-,22+/m0/s1. The van der Waals surface area contributed by atoms with Crippen molar-refractivity contribution in [2.24, 2.45) is 10.2 Å². The molecule has 0 saturated heterocycles. The Labute approximate surface area is 189 Å². The summed E-state index contributed by atoms with van der Waals surface area (Å²) >= 11 is 0. The Morgan fingerprint density at radius 1 is 0.879 bits per heavy atom. The lowest BCUT2D eigenvalue weighted by Gasteiger charge is -2.33. The van der Waals surface area contributed by atoms with Crippen molar-refractivity contribution in [2.75, 3.05) is 5.23 Å².